The predicted molar refractivity (Wildman–Crippen MR) is 90.7 cm³/mol. The molecule has 1 unspecified atom stereocenters. The van der Waals surface area contributed by atoms with Crippen LogP contribution in [0.15, 0.2) is 35.8 Å². The normalized spacial score (nSPS) is 18.1. The van der Waals surface area contributed by atoms with E-state index in [4.69, 9.17) is 9.72 Å². The molecule has 0 aromatic carbocycles. The summed E-state index contributed by atoms with van der Waals surface area (Å²) in [4.78, 5) is 6.06. The number of thiophene rings is 1. The highest BCUT2D eigenvalue weighted by atomic mass is 32.1. The molecule has 5 heteroatoms. The Morgan fingerprint density at radius 3 is 3.14 bits per heavy atom. The van der Waals surface area contributed by atoms with Gasteiger partial charge in [-0.25, -0.2) is 4.98 Å². The van der Waals surface area contributed by atoms with Crippen LogP contribution in [0.3, 0.4) is 0 Å². The number of ether oxygens (including phenoxy) is 1. The van der Waals surface area contributed by atoms with Crippen LogP contribution in [0, 0.1) is 6.92 Å². The second-order valence-corrected chi connectivity index (χ2v) is 6.63. The number of aryl methyl sites for hydroxylation is 1. The lowest BCUT2D eigenvalue weighted by atomic mass is 10.2. The maximum Gasteiger partial charge on any atom is 0.142 e. The van der Waals surface area contributed by atoms with Crippen LogP contribution in [-0.2, 0) is 4.74 Å². The molecular weight excluding hydrogens is 294 g/mol. The molecule has 1 fully saturated rings. The number of rotatable bonds is 4. The van der Waals surface area contributed by atoms with Gasteiger partial charge in [-0.15, -0.1) is 11.3 Å². The average molecular weight is 313 g/mol. The van der Waals surface area contributed by atoms with Gasteiger partial charge in [0.05, 0.1) is 11.0 Å². The number of hydrogen-bond donors (Lipinski definition) is 1. The molecule has 4 nitrogen and oxygen atoms in total. The molecule has 1 atom stereocenters. The lowest BCUT2D eigenvalue weighted by molar-refractivity contribution is 0.120. The van der Waals surface area contributed by atoms with E-state index in [0.717, 1.165) is 43.2 Å². The molecule has 4 rings (SSSR count). The molecule has 22 heavy (non-hydrogen) atoms. The third kappa shape index (κ3) is 2.40. The van der Waals surface area contributed by atoms with Crippen LogP contribution in [0.5, 0.6) is 0 Å². The number of imidazole rings is 1. The highest BCUT2D eigenvalue weighted by molar-refractivity contribution is 7.13. The number of nitrogens with one attached hydrogen (secondary N) is 1. The van der Waals surface area contributed by atoms with Crippen LogP contribution in [0.1, 0.15) is 18.4 Å². The quantitative estimate of drug-likeness (QED) is 0.792. The van der Waals surface area contributed by atoms with Gasteiger partial charge in [0.1, 0.15) is 17.2 Å². The first-order valence-electron chi connectivity index (χ1n) is 7.70. The SMILES string of the molecule is Cc1cccn2c(NCC3CCCO3)c(-c3cccs3)nc12. The van der Waals surface area contributed by atoms with E-state index in [0.29, 0.717) is 6.10 Å². The van der Waals surface area contributed by atoms with Crippen molar-refractivity contribution in [3.63, 3.8) is 0 Å². The Kier molecular flexibility index (Phi) is 3.60. The summed E-state index contributed by atoms with van der Waals surface area (Å²) in [5.41, 5.74) is 3.23. The van der Waals surface area contributed by atoms with E-state index >= 15 is 0 Å². The molecule has 0 spiro atoms. The fraction of sp³-hybridized carbons (Fsp3) is 0.353. The number of aromatic nitrogens is 2. The van der Waals surface area contributed by atoms with E-state index in [1.165, 1.54) is 10.4 Å². The number of anilines is 1. The topological polar surface area (TPSA) is 38.6 Å². The first-order chi connectivity index (χ1) is 10.8. The van der Waals surface area contributed by atoms with E-state index in [1.54, 1.807) is 11.3 Å². The van der Waals surface area contributed by atoms with Gasteiger partial charge in [-0.3, -0.25) is 4.40 Å². The minimum atomic E-state index is 0.312. The van der Waals surface area contributed by atoms with Crippen molar-refractivity contribution in [2.75, 3.05) is 18.5 Å². The third-order valence-electron chi connectivity index (χ3n) is 4.12. The summed E-state index contributed by atoms with van der Waals surface area (Å²) in [6, 6.07) is 8.36. The fourth-order valence-corrected chi connectivity index (χ4v) is 3.69. The lowest BCUT2D eigenvalue weighted by Crippen LogP contribution is -2.19. The molecule has 0 bridgehead atoms. The van der Waals surface area contributed by atoms with Crippen molar-refractivity contribution >= 4 is 22.8 Å². The van der Waals surface area contributed by atoms with Crippen molar-refractivity contribution in [3.8, 4) is 10.6 Å². The van der Waals surface area contributed by atoms with Gasteiger partial charge in [-0.05, 0) is 42.8 Å². The van der Waals surface area contributed by atoms with Crippen LogP contribution in [0.2, 0.25) is 0 Å². The largest absolute Gasteiger partial charge is 0.376 e. The Labute approximate surface area is 133 Å². The predicted octanol–water partition coefficient (Wildman–Crippen LogP) is 3.96. The zero-order valence-corrected chi connectivity index (χ0v) is 13.4. The van der Waals surface area contributed by atoms with Gasteiger partial charge in [0.15, 0.2) is 0 Å². The molecule has 1 aliphatic rings. The second kappa shape index (κ2) is 5.74. The molecule has 0 aliphatic carbocycles. The Morgan fingerprint density at radius 2 is 2.36 bits per heavy atom. The van der Waals surface area contributed by atoms with Crippen LogP contribution in [-0.4, -0.2) is 28.6 Å². The van der Waals surface area contributed by atoms with E-state index in [9.17, 15) is 0 Å². The van der Waals surface area contributed by atoms with Crippen molar-refractivity contribution in [2.24, 2.45) is 0 Å². The number of hydrogen-bond acceptors (Lipinski definition) is 4. The summed E-state index contributed by atoms with van der Waals surface area (Å²) in [5.74, 6) is 1.07. The summed E-state index contributed by atoms with van der Waals surface area (Å²) in [6.07, 6.45) is 4.68. The first kappa shape index (κ1) is 13.8. The maximum atomic E-state index is 5.73. The van der Waals surface area contributed by atoms with Gasteiger partial charge in [0, 0.05) is 19.3 Å². The molecule has 3 aromatic rings. The molecule has 1 saturated heterocycles. The molecule has 4 heterocycles. The summed E-state index contributed by atoms with van der Waals surface area (Å²) >= 11 is 1.72. The van der Waals surface area contributed by atoms with E-state index in [2.05, 4.69) is 52.5 Å². The van der Waals surface area contributed by atoms with Crippen molar-refractivity contribution in [2.45, 2.75) is 25.9 Å². The zero-order chi connectivity index (χ0) is 14.9. The van der Waals surface area contributed by atoms with E-state index < -0.39 is 0 Å². The first-order valence-corrected chi connectivity index (χ1v) is 8.58. The second-order valence-electron chi connectivity index (χ2n) is 5.69. The Balaban J connectivity index is 1.76. The monoisotopic (exact) mass is 313 g/mol. The molecule has 0 radical (unpaired) electrons. The molecule has 3 aromatic heterocycles. The van der Waals surface area contributed by atoms with Crippen LogP contribution >= 0.6 is 11.3 Å². The molecule has 1 N–H and O–H groups in total. The standard InChI is InChI=1S/C17H19N3OS/c1-12-5-2-8-20-16(12)19-15(14-7-4-10-22-14)17(20)18-11-13-6-3-9-21-13/h2,4-5,7-8,10,13,18H,3,6,9,11H2,1H3. The fourth-order valence-electron chi connectivity index (χ4n) is 2.97. The summed E-state index contributed by atoms with van der Waals surface area (Å²) in [7, 11) is 0. The molecular formula is C17H19N3OS. The van der Waals surface area contributed by atoms with Crippen LogP contribution < -0.4 is 5.32 Å². The van der Waals surface area contributed by atoms with E-state index in [-0.39, 0.29) is 0 Å². The van der Waals surface area contributed by atoms with Gasteiger partial charge in [0.2, 0.25) is 0 Å². The van der Waals surface area contributed by atoms with Crippen molar-refractivity contribution in [3.05, 3.63) is 41.4 Å². The minimum Gasteiger partial charge on any atom is -0.376 e. The van der Waals surface area contributed by atoms with Crippen LogP contribution in [0.4, 0.5) is 5.82 Å². The number of nitrogens with zero attached hydrogens (tertiary/aromatic N) is 2. The van der Waals surface area contributed by atoms with Gasteiger partial charge in [-0.2, -0.15) is 0 Å². The smallest absolute Gasteiger partial charge is 0.142 e. The van der Waals surface area contributed by atoms with Crippen molar-refractivity contribution in [1.29, 1.82) is 0 Å². The molecule has 1 aliphatic heterocycles. The molecule has 114 valence electrons. The highest BCUT2D eigenvalue weighted by Crippen LogP contribution is 2.33. The Bertz CT molecular complexity index is 773. The number of pyridine rings is 1. The van der Waals surface area contributed by atoms with Gasteiger partial charge in [0.25, 0.3) is 0 Å². The van der Waals surface area contributed by atoms with Gasteiger partial charge < -0.3 is 10.1 Å². The van der Waals surface area contributed by atoms with Crippen molar-refractivity contribution < 1.29 is 4.74 Å². The maximum absolute atomic E-state index is 5.73. The Hall–Kier alpha value is -1.85. The molecule has 0 saturated carbocycles. The summed E-state index contributed by atoms with van der Waals surface area (Å²) < 4.78 is 7.88. The third-order valence-corrected chi connectivity index (χ3v) is 5.00. The summed E-state index contributed by atoms with van der Waals surface area (Å²) in [5, 5.41) is 5.67. The van der Waals surface area contributed by atoms with Crippen LogP contribution in [0.25, 0.3) is 16.2 Å². The van der Waals surface area contributed by atoms with Crippen molar-refractivity contribution in [1.82, 2.24) is 9.38 Å². The summed E-state index contributed by atoms with van der Waals surface area (Å²) in [6.45, 7) is 3.82. The van der Waals surface area contributed by atoms with Gasteiger partial charge >= 0.3 is 0 Å². The lowest BCUT2D eigenvalue weighted by Gasteiger charge is -2.12. The minimum absolute atomic E-state index is 0.312. The van der Waals surface area contributed by atoms with Gasteiger partial charge in [-0.1, -0.05) is 12.1 Å². The average Bonchev–Trinajstić information content (AvgIpc) is 3.26. The molecule has 0 amide bonds. The highest BCUT2D eigenvalue weighted by Gasteiger charge is 2.19. The Morgan fingerprint density at radius 1 is 1.41 bits per heavy atom. The zero-order valence-electron chi connectivity index (χ0n) is 12.6. The van der Waals surface area contributed by atoms with E-state index in [1.807, 2.05) is 0 Å². The number of fused-ring (bicyclic) bond motifs is 1.